The third-order valence-corrected chi connectivity index (χ3v) is 7.29. The van der Waals surface area contributed by atoms with Gasteiger partial charge in [0, 0.05) is 27.8 Å². The standard InChI is InChI=1S/C19H14N4O6S2/c1-2-31(27,28)14-6-3-11(4-7-14)18-21-22-19(29-18)20-17(24)16-10-12-9-13(23(25)26)5-8-15(12)30-16/h3-10H,2H2,1H3,(H,20,22,24). The fraction of sp³-hybridized carbons (Fsp3) is 0.105. The topological polar surface area (TPSA) is 145 Å². The van der Waals surface area contributed by atoms with Crippen LogP contribution in [0.3, 0.4) is 0 Å². The Balaban J connectivity index is 1.51. The second-order valence-electron chi connectivity index (χ2n) is 6.38. The monoisotopic (exact) mass is 458 g/mol. The average molecular weight is 458 g/mol. The fourth-order valence-corrected chi connectivity index (χ4v) is 4.60. The molecule has 0 saturated carbocycles. The fourth-order valence-electron chi connectivity index (χ4n) is 2.78. The maximum Gasteiger partial charge on any atom is 0.322 e. The predicted molar refractivity (Wildman–Crippen MR) is 114 cm³/mol. The maximum atomic E-state index is 12.5. The van der Waals surface area contributed by atoms with E-state index in [1.807, 2.05) is 0 Å². The number of nitro benzene ring substituents is 1. The van der Waals surface area contributed by atoms with Gasteiger partial charge >= 0.3 is 6.01 Å². The van der Waals surface area contributed by atoms with Gasteiger partial charge in [-0.05, 0) is 36.4 Å². The van der Waals surface area contributed by atoms with Crippen LogP contribution >= 0.6 is 11.3 Å². The van der Waals surface area contributed by atoms with Crippen LogP contribution in [-0.4, -0.2) is 35.2 Å². The first-order valence-corrected chi connectivity index (χ1v) is 11.4. The van der Waals surface area contributed by atoms with Gasteiger partial charge in [-0.15, -0.1) is 16.4 Å². The molecule has 0 aliphatic heterocycles. The highest BCUT2D eigenvalue weighted by Gasteiger charge is 2.17. The summed E-state index contributed by atoms with van der Waals surface area (Å²) in [5.41, 5.74) is 0.439. The number of amides is 1. The Hall–Kier alpha value is -3.64. The molecule has 0 spiro atoms. The highest BCUT2D eigenvalue weighted by Crippen LogP contribution is 2.29. The van der Waals surface area contributed by atoms with Crippen molar-refractivity contribution in [1.82, 2.24) is 10.2 Å². The zero-order valence-corrected chi connectivity index (χ0v) is 17.6. The number of sulfone groups is 1. The van der Waals surface area contributed by atoms with Crippen molar-refractivity contribution in [3.8, 4) is 11.5 Å². The number of rotatable bonds is 6. The molecule has 0 aliphatic rings. The van der Waals surface area contributed by atoms with Gasteiger partial charge in [-0.25, -0.2) is 8.42 Å². The molecule has 0 fully saturated rings. The number of non-ortho nitro benzene ring substituents is 1. The minimum absolute atomic E-state index is 0.00579. The van der Waals surface area contributed by atoms with Gasteiger partial charge in [0.2, 0.25) is 5.89 Å². The molecule has 2 heterocycles. The summed E-state index contributed by atoms with van der Waals surface area (Å²) in [6.45, 7) is 1.56. The van der Waals surface area contributed by atoms with E-state index in [-0.39, 0.29) is 28.2 Å². The van der Waals surface area contributed by atoms with Crippen LogP contribution in [-0.2, 0) is 9.84 Å². The minimum Gasteiger partial charge on any atom is -0.403 e. The van der Waals surface area contributed by atoms with E-state index in [9.17, 15) is 23.3 Å². The molecule has 1 amide bonds. The number of aromatic nitrogens is 2. The van der Waals surface area contributed by atoms with Crippen LogP contribution < -0.4 is 5.32 Å². The number of carbonyl (C=O) groups excluding carboxylic acids is 1. The predicted octanol–water partition coefficient (Wildman–Crippen LogP) is 3.91. The second-order valence-corrected chi connectivity index (χ2v) is 9.75. The highest BCUT2D eigenvalue weighted by molar-refractivity contribution is 7.91. The first-order valence-electron chi connectivity index (χ1n) is 8.93. The molecular weight excluding hydrogens is 444 g/mol. The Kier molecular flexibility index (Phi) is 5.25. The molecule has 0 aliphatic carbocycles. The molecule has 10 nitrogen and oxygen atoms in total. The molecule has 0 atom stereocenters. The maximum absolute atomic E-state index is 12.5. The molecular formula is C19H14N4O6S2. The van der Waals surface area contributed by atoms with E-state index in [0.717, 1.165) is 4.70 Å². The lowest BCUT2D eigenvalue weighted by Crippen LogP contribution is -2.10. The summed E-state index contributed by atoms with van der Waals surface area (Å²) < 4.78 is 30.0. The molecule has 4 rings (SSSR count). The van der Waals surface area contributed by atoms with Gasteiger partial charge in [0.05, 0.1) is 20.4 Å². The van der Waals surface area contributed by atoms with E-state index in [0.29, 0.717) is 15.8 Å². The number of fused-ring (bicyclic) bond motifs is 1. The lowest BCUT2D eigenvalue weighted by atomic mass is 10.2. The van der Waals surface area contributed by atoms with Crippen molar-refractivity contribution in [2.45, 2.75) is 11.8 Å². The molecule has 0 bridgehead atoms. The second kappa shape index (κ2) is 7.89. The number of thiophene rings is 1. The number of nitrogens with one attached hydrogen (secondary N) is 1. The molecule has 0 saturated heterocycles. The van der Waals surface area contributed by atoms with Gasteiger partial charge in [-0.1, -0.05) is 12.0 Å². The number of nitrogens with zero attached hydrogens (tertiary/aromatic N) is 3. The van der Waals surface area contributed by atoms with Crippen molar-refractivity contribution in [3.05, 3.63) is 63.5 Å². The highest BCUT2D eigenvalue weighted by atomic mass is 32.2. The summed E-state index contributed by atoms with van der Waals surface area (Å²) >= 11 is 1.17. The van der Waals surface area contributed by atoms with Crippen molar-refractivity contribution in [2.24, 2.45) is 0 Å². The van der Waals surface area contributed by atoms with Crippen LogP contribution in [0.5, 0.6) is 0 Å². The normalized spacial score (nSPS) is 11.5. The van der Waals surface area contributed by atoms with Crippen LogP contribution in [0.25, 0.3) is 21.5 Å². The summed E-state index contributed by atoms with van der Waals surface area (Å²) in [4.78, 5) is 23.4. The van der Waals surface area contributed by atoms with Gasteiger partial charge in [-0.3, -0.25) is 20.2 Å². The van der Waals surface area contributed by atoms with Crippen molar-refractivity contribution in [1.29, 1.82) is 0 Å². The van der Waals surface area contributed by atoms with Crippen molar-refractivity contribution in [3.63, 3.8) is 0 Å². The Bertz CT molecular complexity index is 1410. The molecule has 2 aromatic carbocycles. The van der Waals surface area contributed by atoms with E-state index in [1.54, 1.807) is 31.2 Å². The van der Waals surface area contributed by atoms with E-state index in [1.165, 1.54) is 35.6 Å². The summed E-state index contributed by atoms with van der Waals surface area (Å²) in [6, 6.07) is 11.8. The van der Waals surface area contributed by atoms with Crippen LogP contribution in [0.1, 0.15) is 16.6 Å². The molecule has 12 heteroatoms. The van der Waals surface area contributed by atoms with Crippen molar-refractivity contribution >= 4 is 48.9 Å². The number of benzene rings is 2. The lowest BCUT2D eigenvalue weighted by Gasteiger charge is -2.01. The number of hydrogen-bond acceptors (Lipinski definition) is 9. The molecule has 158 valence electrons. The largest absolute Gasteiger partial charge is 0.403 e. The number of anilines is 1. The molecule has 4 aromatic rings. The Morgan fingerprint density at radius 2 is 1.90 bits per heavy atom. The van der Waals surface area contributed by atoms with Gasteiger partial charge in [0.25, 0.3) is 11.6 Å². The van der Waals surface area contributed by atoms with Crippen LogP contribution in [0.15, 0.2) is 57.8 Å². The van der Waals surface area contributed by atoms with E-state index < -0.39 is 20.7 Å². The van der Waals surface area contributed by atoms with Gasteiger partial charge < -0.3 is 4.42 Å². The Morgan fingerprint density at radius 3 is 2.58 bits per heavy atom. The number of carbonyl (C=O) groups is 1. The lowest BCUT2D eigenvalue weighted by molar-refractivity contribution is -0.384. The minimum atomic E-state index is -3.32. The summed E-state index contributed by atoms with van der Waals surface area (Å²) in [5, 5.41) is 21.6. The number of nitro groups is 1. The van der Waals surface area contributed by atoms with Gasteiger partial charge in [0.15, 0.2) is 9.84 Å². The number of hydrogen-bond donors (Lipinski definition) is 1. The van der Waals surface area contributed by atoms with Gasteiger partial charge in [0.1, 0.15) is 0 Å². The first kappa shape index (κ1) is 20.6. The zero-order chi connectivity index (χ0) is 22.2. The van der Waals surface area contributed by atoms with E-state index in [4.69, 9.17) is 4.42 Å². The van der Waals surface area contributed by atoms with E-state index >= 15 is 0 Å². The third kappa shape index (κ3) is 4.15. The SMILES string of the molecule is CCS(=O)(=O)c1ccc(-c2nnc(NC(=O)c3cc4cc([N+](=O)[O-])ccc4s3)o2)cc1. The summed E-state index contributed by atoms with van der Waals surface area (Å²) in [5.74, 6) is -0.389. The van der Waals surface area contributed by atoms with Gasteiger partial charge in [-0.2, -0.15) is 0 Å². The van der Waals surface area contributed by atoms with Crippen LogP contribution in [0, 0.1) is 10.1 Å². The van der Waals surface area contributed by atoms with Crippen molar-refractivity contribution in [2.75, 3.05) is 11.1 Å². The third-order valence-electron chi connectivity index (χ3n) is 4.42. The first-order chi connectivity index (χ1) is 14.8. The molecule has 2 aromatic heterocycles. The summed E-state index contributed by atoms with van der Waals surface area (Å²) in [7, 11) is -3.32. The van der Waals surface area contributed by atoms with Crippen LogP contribution in [0.2, 0.25) is 0 Å². The Morgan fingerprint density at radius 1 is 1.16 bits per heavy atom. The average Bonchev–Trinajstić information content (AvgIpc) is 3.40. The molecule has 1 N–H and O–H groups in total. The van der Waals surface area contributed by atoms with Crippen LogP contribution in [0.4, 0.5) is 11.7 Å². The smallest absolute Gasteiger partial charge is 0.322 e. The molecule has 0 radical (unpaired) electrons. The van der Waals surface area contributed by atoms with E-state index in [2.05, 4.69) is 15.5 Å². The summed E-state index contributed by atoms with van der Waals surface area (Å²) in [6.07, 6.45) is 0. The zero-order valence-electron chi connectivity index (χ0n) is 15.9. The molecule has 0 unspecified atom stereocenters. The molecule has 31 heavy (non-hydrogen) atoms. The Labute approximate surface area is 179 Å². The van der Waals surface area contributed by atoms with Crippen molar-refractivity contribution < 1.29 is 22.6 Å². The quantitative estimate of drug-likeness (QED) is 0.338.